The van der Waals surface area contributed by atoms with Crippen LogP contribution in [0.15, 0.2) is 36.5 Å². The number of nitrogens with zero attached hydrogens (tertiary/aromatic N) is 4. The average molecular weight is 349 g/mol. The van der Waals surface area contributed by atoms with E-state index in [1.165, 1.54) is 11.1 Å². The summed E-state index contributed by atoms with van der Waals surface area (Å²) in [7, 11) is 0. The Kier molecular flexibility index (Phi) is 5.26. The Morgan fingerprint density at radius 2 is 1.85 bits per heavy atom. The minimum Gasteiger partial charge on any atom is -0.370 e. The normalized spacial score (nSPS) is 10.7. The van der Waals surface area contributed by atoms with Crippen LogP contribution in [0.2, 0.25) is 0 Å². The lowest BCUT2D eigenvalue weighted by Gasteiger charge is -2.11. The molecule has 0 radical (unpaired) electrons. The van der Waals surface area contributed by atoms with Crippen LogP contribution in [-0.4, -0.2) is 26.5 Å². The number of nitrogens with two attached hydrogens (primary N) is 2. The van der Waals surface area contributed by atoms with Crippen LogP contribution in [0.5, 0.6) is 0 Å². The Labute approximate surface area is 152 Å². The second-order valence-electron chi connectivity index (χ2n) is 6.18. The van der Waals surface area contributed by atoms with Gasteiger partial charge in [-0.15, -0.1) is 0 Å². The van der Waals surface area contributed by atoms with Crippen molar-refractivity contribution in [2.45, 2.75) is 26.7 Å². The van der Waals surface area contributed by atoms with Crippen LogP contribution in [0.1, 0.15) is 23.2 Å². The fourth-order valence-electron chi connectivity index (χ4n) is 2.76. The lowest BCUT2D eigenvalue weighted by Crippen LogP contribution is -2.08. The summed E-state index contributed by atoms with van der Waals surface area (Å²) in [6.45, 7) is 4.92. The highest BCUT2D eigenvalue weighted by molar-refractivity contribution is 5.68. The second-order valence-corrected chi connectivity index (χ2v) is 6.18. The number of rotatable bonds is 6. The summed E-state index contributed by atoms with van der Waals surface area (Å²) in [5.41, 5.74) is 16.7. The molecular formula is C19H23N7. The molecular weight excluding hydrogens is 326 g/mol. The van der Waals surface area contributed by atoms with Gasteiger partial charge in [-0.05, 0) is 43.9 Å². The first-order valence-corrected chi connectivity index (χ1v) is 8.55. The molecule has 2 heterocycles. The molecule has 134 valence electrons. The first-order valence-electron chi connectivity index (χ1n) is 8.55. The third-order valence-electron chi connectivity index (χ3n) is 4.27. The summed E-state index contributed by atoms with van der Waals surface area (Å²) in [5, 5.41) is 3.31. The summed E-state index contributed by atoms with van der Waals surface area (Å²) >= 11 is 0. The topological polar surface area (TPSA) is 116 Å². The summed E-state index contributed by atoms with van der Waals surface area (Å²) in [5.74, 6) is 1.28. The summed E-state index contributed by atoms with van der Waals surface area (Å²) in [4.78, 5) is 16.8. The van der Waals surface area contributed by atoms with Crippen molar-refractivity contribution < 1.29 is 0 Å². The smallest absolute Gasteiger partial charge is 0.222 e. The van der Waals surface area contributed by atoms with E-state index < -0.39 is 0 Å². The van der Waals surface area contributed by atoms with E-state index in [4.69, 9.17) is 11.5 Å². The number of anilines is 3. The first kappa shape index (κ1) is 17.6. The molecule has 26 heavy (non-hydrogen) atoms. The molecule has 0 aliphatic rings. The minimum atomic E-state index is 0.259. The Balaban J connectivity index is 1.67. The minimum absolute atomic E-state index is 0.259. The highest BCUT2D eigenvalue weighted by atomic mass is 15.1. The van der Waals surface area contributed by atoms with Crippen LogP contribution in [-0.2, 0) is 6.42 Å². The van der Waals surface area contributed by atoms with E-state index in [0.717, 1.165) is 42.2 Å². The predicted octanol–water partition coefficient (Wildman–Crippen LogP) is 2.76. The van der Waals surface area contributed by atoms with Gasteiger partial charge in [-0.25, -0.2) is 15.0 Å². The van der Waals surface area contributed by atoms with Gasteiger partial charge in [-0.1, -0.05) is 18.2 Å². The molecule has 7 nitrogen and oxygen atoms in total. The largest absolute Gasteiger partial charge is 0.370 e. The molecule has 7 heteroatoms. The van der Waals surface area contributed by atoms with Gasteiger partial charge in [0.15, 0.2) is 0 Å². The highest BCUT2D eigenvalue weighted by Gasteiger charge is 2.08. The van der Waals surface area contributed by atoms with Gasteiger partial charge in [-0.3, -0.25) is 0 Å². The molecule has 3 aromatic rings. The van der Waals surface area contributed by atoms with E-state index in [1.54, 1.807) is 6.20 Å². The molecule has 0 bridgehead atoms. The van der Waals surface area contributed by atoms with Gasteiger partial charge < -0.3 is 16.8 Å². The molecule has 3 rings (SSSR count). The van der Waals surface area contributed by atoms with Crippen LogP contribution >= 0.6 is 0 Å². The Hall–Kier alpha value is -3.22. The fraction of sp³-hybridized carbons (Fsp3) is 0.263. The van der Waals surface area contributed by atoms with Gasteiger partial charge in [0.1, 0.15) is 5.82 Å². The van der Waals surface area contributed by atoms with E-state index in [2.05, 4.69) is 45.2 Å². The number of hydrogen-bond acceptors (Lipinski definition) is 7. The molecule has 0 amide bonds. The summed E-state index contributed by atoms with van der Waals surface area (Å²) in [6, 6.07) is 9.96. The Morgan fingerprint density at radius 1 is 1.00 bits per heavy atom. The van der Waals surface area contributed by atoms with Gasteiger partial charge in [0.05, 0.1) is 5.69 Å². The van der Waals surface area contributed by atoms with Crippen molar-refractivity contribution in [3.8, 4) is 11.3 Å². The van der Waals surface area contributed by atoms with Crippen LogP contribution < -0.4 is 16.8 Å². The Bertz CT molecular complexity index is 908. The van der Waals surface area contributed by atoms with Gasteiger partial charge >= 0.3 is 0 Å². The van der Waals surface area contributed by atoms with Crippen molar-refractivity contribution in [3.05, 3.63) is 53.3 Å². The molecule has 1 aromatic carbocycles. The predicted molar refractivity (Wildman–Crippen MR) is 105 cm³/mol. The SMILES string of the molecule is Cc1cccc(-c2cc(NCCCc3ccnc(N)n3)nc(N)n2)c1C. The molecule has 5 N–H and O–H groups in total. The van der Waals surface area contributed by atoms with Gasteiger partial charge in [0, 0.05) is 30.1 Å². The van der Waals surface area contributed by atoms with E-state index in [-0.39, 0.29) is 5.95 Å². The molecule has 0 fully saturated rings. The fourth-order valence-corrected chi connectivity index (χ4v) is 2.76. The van der Waals surface area contributed by atoms with E-state index in [1.807, 2.05) is 24.3 Å². The van der Waals surface area contributed by atoms with E-state index >= 15 is 0 Å². The maximum absolute atomic E-state index is 5.90. The second kappa shape index (κ2) is 7.77. The number of hydrogen-bond donors (Lipinski definition) is 3. The third-order valence-corrected chi connectivity index (χ3v) is 4.27. The maximum atomic E-state index is 5.90. The maximum Gasteiger partial charge on any atom is 0.222 e. The summed E-state index contributed by atoms with van der Waals surface area (Å²) < 4.78 is 0. The van der Waals surface area contributed by atoms with Crippen molar-refractivity contribution >= 4 is 17.7 Å². The van der Waals surface area contributed by atoms with Crippen molar-refractivity contribution in [2.24, 2.45) is 0 Å². The Morgan fingerprint density at radius 3 is 2.65 bits per heavy atom. The zero-order valence-corrected chi connectivity index (χ0v) is 15.0. The highest BCUT2D eigenvalue weighted by Crippen LogP contribution is 2.26. The number of nitrogens with one attached hydrogen (secondary N) is 1. The standard InChI is InChI=1S/C19H23N7/c1-12-5-3-7-15(13(12)2)16-11-17(26-19(21)25-16)22-9-4-6-14-8-10-23-18(20)24-14/h3,5,7-8,10-11H,4,6,9H2,1-2H3,(H2,20,23,24)(H3,21,22,25,26). The van der Waals surface area contributed by atoms with Crippen molar-refractivity contribution in [1.82, 2.24) is 19.9 Å². The lowest BCUT2D eigenvalue weighted by molar-refractivity contribution is 0.829. The van der Waals surface area contributed by atoms with E-state index in [9.17, 15) is 0 Å². The molecule has 0 aliphatic carbocycles. The van der Waals surface area contributed by atoms with Gasteiger partial charge in [0.25, 0.3) is 0 Å². The monoisotopic (exact) mass is 349 g/mol. The molecule has 0 aliphatic heterocycles. The van der Waals surface area contributed by atoms with Crippen LogP contribution in [0.4, 0.5) is 17.7 Å². The van der Waals surface area contributed by atoms with Crippen LogP contribution in [0, 0.1) is 13.8 Å². The molecule has 0 atom stereocenters. The first-order chi connectivity index (χ1) is 12.5. The molecule has 0 saturated heterocycles. The quantitative estimate of drug-likeness (QED) is 0.586. The number of aryl methyl sites for hydroxylation is 2. The zero-order valence-electron chi connectivity index (χ0n) is 15.0. The lowest BCUT2D eigenvalue weighted by atomic mass is 10.0. The third kappa shape index (κ3) is 4.24. The number of nitrogen functional groups attached to an aromatic ring is 2. The van der Waals surface area contributed by atoms with Gasteiger partial charge in [-0.2, -0.15) is 4.98 Å². The van der Waals surface area contributed by atoms with Crippen molar-refractivity contribution in [3.63, 3.8) is 0 Å². The number of aromatic nitrogens is 4. The zero-order chi connectivity index (χ0) is 18.5. The summed E-state index contributed by atoms with van der Waals surface area (Å²) in [6.07, 6.45) is 3.37. The van der Waals surface area contributed by atoms with Crippen molar-refractivity contribution in [1.29, 1.82) is 0 Å². The van der Waals surface area contributed by atoms with Gasteiger partial charge in [0.2, 0.25) is 11.9 Å². The molecule has 2 aromatic heterocycles. The van der Waals surface area contributed by atoms with Crippen molar-refractivity contribution in [2.75, 3.05) is 23.3 Å². The number of benzene rings is 1. The molecule has 0 saturated carbocycles. The molecule has 0 unspecified atom stereocenters. The average Bonchev–Trinajstić information content (AvgIpc) is 2.61. The van der Waals surface area contributed by atoms with Crippen LogP contribution in [0.3, 0.4) is 0 Å². The van der Waals surface area contributed by atoms with Crippen LogP contribution in [0.25, 0.3) is 11.3 Å². The molecule has 0 spiro atoms. The van der Waals surface area contributed by atoms with E-state index in [0.29, 0.717) is 5.95 Å².